The molecule has 0 amide bonds. The van der Waals surface area contributed by atoms with E-state index in [1.165, 1.54) is 11.1 Å². The first kappa shape index (κ1) is 21.9. The van der Waals surface area contributed by atoms with E-state index >= 15 is 0 Å². The van der Waals surface area contributed by atoms with Crippen LogP contribution in [-0.2, 0) is 24.2 Å². The van der Waals surface area contributed by atoms with Crippen LogP contribution in [0.25, 0.3) is 10.9 Å². The molecule has 0 spiro atoms. The van der Waals surface area contributed by atoms with Crippen LogP contribution < -0.4 is 10.5 Å². The van der Waals surface area contributed by atoms with Gasteiger partial charge in [0.2, 0.25) is 0 Å². The van der Waals surface area contributed by atoms with Gasteiger partial charge >= 0.3 is 5.97 Å². The number of aromatic amines is 1. The minimum atomic E-state index is -1.40. The lowest BCUT2D eigenvalue weighted by Gasteiger charge is -2.37. The number of hydrogen-bond acceptors (Lipinski definition) is 4. The second kappa shape index (κ2) is 7.95. The van der Waals surface area contributed by atoms with Gasteiger partial charge in [-0.2, -0.15) is 0 Å². The Morgan fingerprint density at radius 3 is 2.69 bits per heavy atom. The maximum atomic E-state index is 13.0. The number of fused-ring (bicyclic) bond motifs is 3. The van der Waals surface area contributed by atoms with Crippen molar-refractivity contribution in [2.75, 3.05) is 4.90 Å². The average molecular weight is 486 g/mol. The Hall–Kier alpha value is -3.64. The van der Waals surface area contributed by atoms with Gasteiger partial charge in [-0.05, 0) is 67.1 Å². The largest absolute Gasteiger partial charge is 0.479 e. The highest BCUT2D eigenvalue weighted by Crippen LogP contribution is 2.52. The number of carboxylic acids is 1. The summed E-state index contributed by atoms with van der Waals surface area (Å²) >= 11 is 6.61. The number of hydrogen-bond donors (Lipinski definition) is 2. The van der Waals surface area contributed by atoms with Gasteiger partial charge in [-0.3, -0.25) is 4.79 Å². The van der Waals surface area contributed by atoms with Gasteiger partial charge < -0.3 is 15.0 Å². The molecule has 6 rings (SSSR count). The van der Waals surface area contributed by atoms with Gasteiger partial charge in [-0.25, -0.2) is 9.78 Å². The van der Waals surface area contributed by atoms with Crippen LogP contribution in [0.4, 0.5) is 5.69 Å². The molecule has 0 fully saturated rings. The van der Waals surface area contributed by atoms with Crippen molar-refractivity contribution in [2.24, 2.45) is 0 Å². The van der Waals surface area contributed by atoms with Crippen LogP contribution in [0.2, 0.25) is 5.15 Å². The molecule has 0 radical (unpaired) electrons. The van der Waals surface area contributed by atoms with Crippen LogP contribution in [0.1, 0.15) is 47.1 Å². The van der Waals surface area contributed by atoms with Gasteiger partial charge in [0.05, 0.1) is 11.4 Å². The summed E-state index contributed by atoms with van der Waals surface area (Å²) in [5, 5.41) is 11.9. The maximum Gasteiger partial charge on any atom is 0.330 e. The third kappa shape index (κ3) is 3.27. The summed E-state index contributed by atoms with van der Waals surface area (Å²) in [5.41, 5.74) is 4.49. The normalized spacial score (nSPS) is 20.7. The first-order chi connectivity index (χ1) is 16.9. The zero-order valence-electron chi connectivity index (χ0n) is 19.2. The predicted molar refractivity (Wildman–Crippen MR) is 136 cm³/mol. The van der Waals surface area contributed by atoms with Crippen molar-refractivity contribution in [1.29, 1.82) is 0 Å². The number of halogens is 1. The molecule has 3 heterocycles. The van der Waals surface area contributed by atoms with Crippen molar-refractivity contribution in [3.63, 3.8) is 0 Å². The zero-order chi connectivity index (χ0) is 24.3. The first-order valence-corrected chi connectivity index (χ1v) is 12.1. The minimum absolute atomic E-state index is 0.256. The lowest BCUT2D eigenvalue weighted by molar-refractivity contribution is -0.143. The first-order valence-electron chi connectivity index (χ1n) is 11.8. The van der Waals surface area contributed by atoms with E-state index in [-0.39, 0.29) is 12.1 Å². The average Bonchev–Trinajstić information content (AvgIpc) is 3.39. The smallest absolute Gasteiger partial charge is 0.330 e. The van der Waals surface area contributed by atoms with E-state index in [4.69, 9.17) is 11.6 Å². The number of nitrogens with one attached hydrogen (secondary N) is 1. The molecule has 1 aliphatic carbocycles. The molecule has 35 heavy (non-hydrogen) atoms. The lowest BCUT2D eigenvalue weighted by Crippen LogP contribution is -2.53. The Bertz CT molecular complexity index is 1560. The molecule has 4 aromatic rings. The highest BCUT2D eigenvalue weighted by atomic mass is 35.5. The number of aryl methyl sites for hydroxylation is 2. The number of nitrogens with zero attached hydrogens (tertiary/aromatic N) is 2. The minimum Gasteiger partial charge on any atom is -0.479 e. The highest BCUT2D eigenvalue weighted by molar-refractivity contribution is 6.30. The molecule has 2 aliphatic rings. The fraction of sp³-hybridized carbons (Fsp3) is 0.250. The lowest BCUT2D eigenvalue weighted by atomic mass is 9.78. The number of aliphatic carboxylic acids is 1. The standard InChI is InChI=1S/C28H24ClN3O3/c1-28(27(34)35)24(20-9-5-11-30-26(20)33)21-13-16-7-4-8-17(16)14-23(21)32(28)15-19-12-18-6-2-3-10-22(18)31-25(19)29/h2-3,5-6,9-14,24H,4,7-8,15H2,1H3,(H,30,33)(H,34,35). The van der Waals surface area contributed by atoms with Crippen LogP contribution in [-0.4, -0.2) is 26.6 Å². The number of H-pyrrole nitrogens is 1. The third-order valence-electron chi connectivity index (χ3n) is 7.64. The van der Waals surface area contributed by atoms with Crippen LogP contribution in [0.15, 0.2) is 65.6 Å². The van der Waals surface area contributed by atoms with Crippen molar-refractivity contribution in [1.82, 2.24) is 9.97 Å². The number of aromatic nitrogens is 2. The topological polar surface area (TPSA) is 86.3 Å². The Balaban J connectivity index is 1.58. The Morgan fingerprint density at radius 1 is 1.14 bits per heavy atom. The quantitative estimate of drug-likeness (QED) is 0.394. The van der Waals surface area contributed by atoms with E-state index in [1.807, 2.05) is 35.2 Å². The molecule has 6 nitrogen and oxygen atoms in total. The van der Waals surface area contributed by atoms with Crippen molar-refractivity contribution in [2.45, 2.75) is 44.2 Å². The van der Waals surface area contributed by atoms with E-state index in [0.717, 1.165) is 47.0 Å². The SMILES string of the molecule is CC1(C(=O)O)C(c2ccc[nH]c2=O)c2cc3c(cc2N1Cc1cc2ccccc2nc1Cl)CCC3. The molecule has 2 aromatic heterocycles. The summed E-state index contributed by atoms with van der Waals surface area (Å²) < 4.78 is 0. The van der Waals surface area contributed by atoms with E-state index in [1.54, 1.807) is 25.3 Å². The van der Waals surface area contributed by atoms with Crippen molar-refractivity contribution in [3.8, 4) is 0 Å². The second-order valence-corrected chi connectivity index (χ2v) is 9.95. The van der Waals surface area contributed by atoms with Gasteiger partial charge in [0, 0.05) is 34.9 Å². The van der Waals surface area contributed by atoms with Gasteiger partial charge in [-0.1, -0.05) is 41.9 Å². The van der Waals surface area contributed by atoms with Crippen molar-refractivity contribution >= 4 is 34.2 Å². The monoisotopic (exact) mass is 485 g/mol. The molecule has 2 aromatic carbocycles. The maximum absolute atomic E-state index is 13.0. The molecular weight excluding hydrogens is 462 g/mol. The van der Waals surface area contributed by atoms with E-state index in [9.17, 15) is 14.7 Å². The molecule has 0 bridgehead atoms. The summed E-state index contributed by atoms with van der Waals surface area (Å²) in [6.45, 7) is 1.96. The summed E-state index contributed by atoms with van der Waals surface area (Å²) in [5.74, 6) is -1.63. The number of rotatable bonds is 4. The Kier molecular flexibility index (Phi) is 4.97. The molecule has 0 saturated carbocycles. The summed E-state index contributed by atoms with van der Waals surface area (Å²) in [4.78, 5) is 35.1. The molecule has 2 unspecified atom stereocenters. The predicted octanol–water partition coefficient (Wildman–Crippen LogP) is 5.06. The summed E-state index contributed by atoms with van der Waals surface area (Å²) in [6, 6.07) is 17.4. The van der Waals surface area contributed by atoms with Gasteiger partial charge in [0.1, 0.15) is 10.7 Å². The van der Waals surface area contributed by atoms with Crippen molar-refractivity contribution in [3.05, 3.63) is 104 Å². The molecular formula is C28H24ClN3O3. The number of carboxylic acid groups (broad SMARTS) is 1. The fourth-order valence-corrected chi connectivity index (χ4v) is 6.05. The van der Waals surface area contributed by atoms with Gasteiger partial charge in [0.25, 0.3) is 5.56 Å². The second-order valence-electron chi connectivity index (χ2n) is 9.59. The van der Waals surface area contributed by atoms with Crippen LogP contribution in [0.3, 0.4) is 0 Å². The Morgan fingerprint density at radius 2 is 1.91 bits per heavy atom. The van der Waals surface area contributed by atoms with Crippen LogP contribution in [0.5, 0.6) is 0 Å². The summed E-state index contributed by atoms with van der Waals surface area (Å²) in [6.07, 6.45) is 4.58. The van der Waals surface area contributed by atoms with E-state index < -0.39 is 17.4 Å². The molecule has 2 N–H and O–H groups in total. The molecule has 7 heteroatoms. The number of anilines is 1. The van der Waals surface area contributed by atoms with Crippen LogP contribution >= 0.6 is 11.6 Å². The van der Waals surface area contributed by atoms with Crippen LogP contribution in [0, 0.1) is 0 Å². The molecule has 0 saturated heterocycles. The number of carbonyl (C=O) groups is 1. The van der Waals surface area contributed by atoms with Crippen molar-refractivity contribution < 1.29 is 9.90 Å². The molecule has 176 valence electrons. The fourth-order valence-electron chi connectivity index (χ4n) is 5.84. The molecule has 1 aliphatic heterocycles. The number of para-hydroxylation sites is 1. The zero-order valence-corrected chi connectivity index (χ0v) is 20.0. The van der Waals surface area contributed by atoms with E-state index in [2.05, 4.69) is 22.1 Å². The highest BCUT2D eigenvalue weighted by Gasteiger charge is 2.55. The Labute approximate surface area is 207 Å². The van der Waals surface area contributed by atoms with Gasteiger partial charge in [0.15, 0.2) is 0 Å². The molecule has 2 atom stereocenters. The van der Waals surface area contributed by atoms with E-state index in [0.29, 0.717) is 10.7 Å². The number of benzene rings is 2. The number of pyridine rings is 2. The third-order valence-corrected chi connectivity index (χ3v) is 7.96. The van der Waals surface area contributed by atoms with Gasteiger partial charge in [-0.15, -0.1) is 0 Å². The summed E-state index contributed by atoms with van der Waals surface area (Å²) in [7, 11) is 0.